The molecule has 0 spiro atoms. The largest absolute Gasteiger partial charge is 0.356 e. The van der Waals surface area contributed by atoms with Crippen molar-refractivity contribution in [1.29, 1.82) is 0 Å². The maximum Gasteiger partial charge on any atom is 0.339 e. The molecule has 0 aliphatic heterocycles. The van der Waals surface area contributed by atoms with E-state index in [9.17, 15) is 21.6 Å². The van der Waals surface area contributed by atoms with Gasteiger partial charge in [0.25, 0.3) is 9.84 Å². The Kier molecular flexibility index (Phi) is 4.76. The monoisotopic (exact) mass is 423 g/mol. The fraction of sp³-hybridized carbons (Fsp3) is 0.0833. The fourth-order valence-electron chi connectivity index (χ4n) is 1.57. The quantitative estimate of drug-likeness (QED) is 0.758. The molecule has 6 nitrogen and oxygen atoms in total. The maximum absolute atomic E-state index is 12.4. The van der Waals surface area contributed by atoms with E-state index >= 15 is 0 Å². The maximum atomic E-state index is 12.4. The first-order valence-corrected chi connectivity index (χ1v) is 10.6. The highest BCUT2D eigenvalue weighted by molar-refractivity contribution is 9.08. The zero-order chi connectivity index (χ0) is 16.5. The van der Waals surface area contributed by atoms with Gasteiger partial charge < -0.3 is 5.73 Å². The van der Waals surface area contributed by atoms with Gasteiger partial charge in [0.15, 0.2) is 0 Å². The topological polar surface area (TPSA) is 111 Å². The van der Waals surface area contributed by atoms with Gasteiger partial charge in [0.2, 0.25) is 9.84 Å². The standard InChI is InChI=1S/C12H10BrNO5S3/c13-7-8-1-3-9(4-2-8)21(16,17)10-5-6-11(20-10)22(18,19)12(14)15/h1-6H,7H2,(H2,14,15). The second-order valence-corrected chi connectivity index (χ2v) is 10.1. The van der Waals surface area contributed by atoms with Crippen molar-refractivity contribution < 1.29 is 21.6 Å². The van der Waals surface area contributed by atoms with Crippen LogP contribution >= 0.6 is 27.3 Å². The zero-order valence-electron chi connectivity index (χ0n) is 10.9. The lowest BCUT2D eigenvalue weighted by atomic mass is 10.2. The summed E-state index contributed by atoms with van der Waals surface area (Å²) in [5, 5.41) is -0.923. The van der Waals surface area contributed by atoms with E-state index in [-0.39, 0.29) is 9.10 Å². The van der Waals surface area contributed by atoms with Gasteiger partial charge in [0.1, 0.15) is 8.42 Å². The lowest BCUT2D eigenvalue weighted by molar-refractivity contribution is 0.265. The van der Waals surface area contributed by atoms with Crippen LogP contribution < -0.4 is 5.73 Å². The Morgan fingerprint density at radius 1 is 1.00 bits per heavy atom. The highest BCUT2D eigenvalue weighted by atomic mass is 79.9. The van der Waals surface area contributed by atoms with E-state index in [4.69, 9.17) is 5.73 Å². The molecular weight excluding hydrogens is 414 g/mol. The Hall–Kier alpha value is -1.23. The first-order chi connectivity index (χ1) is 10.2. The molecule has 22 heavy (non-hydrogen) atoms. The van der Waals surface area contributed by atoms with Crippen LogP contribution in [0.15, 0.2) is 49.7 Å². The van der Waals surface area contributed by atoms with Crippen molar-refractivity contribution in [3.63, 3.8) is 0 Å². The van der Waals surface area contributed by atoms with Crippen molar-refractivity contribution in [1.82, 2.24) is 0 Å². The van der Waals surface area contributed by atoms with E-state index in [0.717, 1.165) is 17.7 Å². The number of primary amides is 1. The Bertz CT molecular complexity index is 914. The SMILES string of the molecule is NC(=O)S(=O)(=O)c1ccc(S(=O)(=O)c2ccc(CBr)cc2)s1. The molecule has 1 heterocycles. The number of thiophene rings is 1. The lowest BCUT2D eigenvalue weighted by Gasteiger charge is -2.02. The molecule has 1 aromatic carbocycles. The van der Waals surface area contributed by atoms with E-state index in [1.807, 2.05) is 0 Å². The number of hydrogen-bond acceptors (Lipinski definition) is 6. The smallest absolute Gasteiger partial charge is 0.339 e. The third-order valence-electron chi connectivity index (χ3n) is 2.74. The Labute approximate surface area is 139 Å². The van der Waals surface area contributed by atoms with E-state index in [1.165, 1.54) is 12.1 Å². The number of amides is 1. The summed E-state index contributed by atoms with van der Waals surface area (Å²) in [5.41, 5.74) is 5.69. The van der Waals surface area contributed by atoms with Gasteiger partial charge in [-0.1, -0.05) is 28.1 Å². The molecule has 1 aromatic heterocycles. The Morgan fingerprint density at radius 2 is 1.55 bits per heavy atom. The van der Waals surface area contributed by atoms with Crippen molar-refractivity contribution in [2.45, 2.75) is 18.6 Å². The number of carbonyl (C=O) groups excluding carboxylic acids is 1. The molecule has 0 unspecified atom stereocenters. The van der Waals surface area contributed by atoms with Gasteiger partial charge in [0.05, 0.1) is 4.90 Å². The number of halogens is 1. The summed E-state index contributed by atoms with van der Waals surface area (Å²) in [7, 11) is -8.16. The number of alkyl halides is 1. The molecule has 0 fully saturated rings. The summed E-state index contributed by atoms with van der Waals surface area (Å²) in [6.07, 6.45) is 0. The normalized spacial score (nSPS) is 12.2. The highest BCUT2D eigenvalue weighted by Gasteiger charge is 2.27. The van der Waals surface area contributed by atoms with E-state index in [0.29, 0.717) is 16.7 Å². The van der Waals surface area contributed by atoms with Gasteiger partial charge in [-0.2, -0.15) is 0 Å². The van der Waals surface area contributed by atoms with Crippen LogP contribution in [-0.4, -0.2) is 22.1 Å². The van der Waals surface area contributed by atoms with Gasteiger partial charge in [-0.3, -0.25) is 4.79 Å². The van der Waals surface area contributed by atoms with Crippen molar-refractivity contribution in [2.75, 3.05) is 0 Å². The zero-order valence-corrected chi connectivity index (χ0v) is 14.9. The van der Waals surface area contributed by atoms with Crippen molar-refractivity contribution in [2.24, 2.45) is 5.73 Å². The molecule has 0 bridgehead atoms. The third kappa shape index (κ3) is 3.09. The van der Waals surface area contributed by atoms with Crippen LogP contribution in [0.3, 0.4) is 0 Å². The fourth-order valence-corrected chi connectivity index (χ4v) is 5.94. The summed E-state index contributed by atoms with van der Waals surface area (Å²) >= 11 is 3.75. The number of sulfone groups is 2. The minimum absolute atomic E-state index is 0.0436. The summed E-state index contributed by atoms with van der Waals surface area (Å²) < 4.78 is 47.6. The van der Waals surface area contributed by atoms with Gasteiger partial charge in [-0.05, 0) is 29.8 Å². The van der Waals surface area contributed by atoms with Crippen LogP contribution in [0.25, 0.3) is 0 Å². The molecule has 0 aliphatic carbocycles. The van der Waals surface area contributed by atoms with Gasteiger partial charge in [0, 0.05) is 5.33 Å². The van der Waals surface area contributed by atoms with Crippen molar-refractivity contribution in [3.8, 4) is 0 Å². The molecule has 0 atom stereocenters. The minimum atomic E-state index is -4.32. The number of benzene rings is 1. The van der Waals surface area contributed by atoms with E-state index in [1.54, 1.807) is 12.1 Å². The Morgan fingerprint density at radius 3 is 2.05 bits per heavy atom. The molecule has 10 heteroatoms. The average molecular weight is 424 g/mol. The molecule has 2 N–H and O–H groups in total. The second kappa shape index (κ2) is 6.11. The summed E-state index contributed by atoms with van der Waals surface area (Å²) in [6.45, 7) is 0. The van der Waals surface area contributed by atoms with Crippen LogP contribution in [0, 0.1) is 0 Å². The first-order valence-electron chi connectivity index (χ1n) is 5.74. The first kappa shape index (κ1) is 17.1. The second-order valence-electron chi connectivity index (χ2n) is 4.18. The van der Waals surface area contributed by atoms with Crippen LogP contribution in [0.4, 0.5) is 4.79 Å². The van der Waals surface area contributed by atoms with Crippen LogP contribution in [0.2, 0.25) is 0 Å². The minimum Gasteiger partial charge on any atom is -0.356 e. The lowest BCUT2D eigenvalue weighted by Crippen LogP contribution is -2.20. The predicted octanol–water partition coefficient (Wildman–Crippen LogP) is 2.33. The van der Waals surface area contributed by atoms with Crippen LogP contribution in [0.1, 0.15) is 5.56 Å². The molecular formula is C12H10BrNO5S3. The summed E-state index contributed by atoms with van der Waals surface area (Å²) in [6, 6.07) is 8.38. The number of hydrogen-bond donors (Lipinski definition) is 1. The summed E-state index contributed by atoms with van der Waals surface area (Å²) in [5.74, 6) is 0. The molecule has 1 amide bonds. The number of carbonyl (C=O) groups is 1. The van der Waals surface area contributed by atoms with Crippen molar-refractivity contribution in [3.05, 3.63) is 42.0 Å². The Balaban J connectivity index is 2.47. The highest BCUT2D eigenvalue weighted by Crippen LogP contribution is 2.31. The average Bonchev–Trinajstić information content (AvgIpc) is 2.98. The van der Waals surface area contributed by atoms with Gasteiger partial charge in [-0.15, -0.1) is 11.3 Å². The summed E-state index contributed by atoms with van der Waals surface area (Å²) in [4.78, 5) is 11.0. The van der Waals surface area contributed by atoms with Crippen LogP contribution in [-0.2, 0) is 25.0 Å². The van der Waals surface area contributed by atoms with E-state index < -0.39 is 29.1 Å². The van der Waals surface area contributed by atoms with Gasteiger partial charge in [-0.25, -0.2) is 16.8 Å². The van der Waals surface area contributed by atoms with Crippen molar-refractivity contribution >= 4 is 52.2 Å². The van der Waals surface area contributed by atoms with Gasteiger partial charge >= 0.3 is 5.24 Å². The number of nitrogens with two attached hydrogens (primary N) is 1. The molecule has 118 valence electrons. The number of rotatable bonds is 4. The third-order valence-corrected chi connectivity index (χ3v) is 8.63. The molecule has 0 saturated carbocycles. The predicted molar refractivity (Wildman–Crippen MR) is 85.6 cm³/mol. The van der Waals surface area contributed by atoms with E-state index in [2.05, 4.69) is 15.9 Å². The molecule has 2 rings (SSSR count). The molecule has 0 saturated heterocycles. The molecule has 0 radical (unpaired) electrons. The van der Waals surface area contributed by atoms with Crippen LogP contribution in [0.5, 0.6) is 0 Å². The molecule has 2 aromatic rings. The molecule has 0 aliphatic rings.